The summed E-state index contributed by atoms with van der Waals surface area (Å²) >= 11 is 1.52. The van der Waals surface area contributed by atoms with Crippen LogP contribution in [0.15, 0.2) is 48.7 Å². The molecule has 2 aromatic rings. The van der Waals surface area contributed by atoms with E-state index in [1.165, 1.54) is 11.8 Å². The van der Waals surface area contributed by atoms with Crippen LogP contribution in [0.3, 0.4) is 0 Å². The van der Waals surface area contributed by atoms with E-state index in [1.807, 2.05) is 49.6 Å². The van der Waals surface area contributed by atoms with Gasteiger partial charge >= 0.3 is 0 Å². The number of ether oxygens (including phenoxy) is 1. The van der Waals surface area contributed by atoms with Crippen molar-refractivity contribution in [3.05, 3.63) is 54.2 Å². The van der Waals surface area contributed by atoms with Crippen LogP contribution in [-0.2, 0) is 11.3 Å². The summed E-state index contributed by atoms with van der Waals surface area (Å²) < 4.78 is 5.61. The first-order valence-corrected chi connectivity index (χ1v) is 7.96. The van der Waals surface area contributed by atoms with Crippen LogP contribution in [0.1, 0.15) is 12.5 Å². The number of para-hydroxylation sites is 1. The molecule has 0 bridgehead atoms. The molecule has 0 aliphatic heterocycles. The standard InChI is InChI=1S/C16H18N2O2S/c1-12(21-2)16(19)18-11-13-8-9-15(17-10-13)20-14-6-4-3-5-7-14/h3-10,12H,11H2,1-2H3,(H,18,19)/t12-/m1/s1. The summed E-state index contributed by atoms with van der Waals surface area (Å²) in [5.41, 5.74) is 0.942. The third-order valence-corrected chi connectivity index (χ3v) is 3.87. The van der Waals surface area contributed by atoms with Crippen LogP contribution < -0.4 is 10.1 Å². The number of nitrogens with one attached hydrogen (secondary N) is 1. The minimum Gasteiger partial charge on any atom is -0.439 e. The lowest BCUT2D eigenvalue weighted by atomic mass is 10.3. The molecule has 0 saturated heterocycles. The van der Waals surface area contributed by atoms with E-state index in [1.54, 1.807) is 12.3 Å². The first kappa shape index (κ1) is 15.4. The molecule has 21 heavy (non-hydrogen) atoms. The molecular weight excluding hydrogens is 284 g/mol. The average Bonchev–Trinajstić information content (AvgIpc) is 2.54. The van der Waals surface area contributed by atoms with Crippen LogP contribution >= 0.6 is 11.8 Å². The molecule has 110 valence electrons. The van der Waals surface area contributed by atoms with Crippen molar-refractivity contribution in [3.8, 4) is 11.6 Å². The van der Waals surface area contributed by atoms with Crippen LogP contribution in [0.4, 0.5) is 0 Å². The van der Waals surface area contributed by atoms with Crippen LogP contribution in [-0.4, -0.2) is 22.4 Å². The highest BCUT2D eigenvalue weighted by Gasteiger charge is 2.10. The van der Waals surface area contributed by atoms with Gasteiger partial charge in [-0.3, -0.25) is 4.79 Å². The minimum atomic E-state index is -0.0429. The number of aromatic nitrogens is 1. The molecule has 0 unspecified atom stereocenters. The van der Waals surface area contributed by atoms with Gasteiger partial charge in [-0.25, -0.2) is 4.98 Å². The Balaban J connectivity index is 1.89. The number of amides is 1. The molecule has 4 nitrogen and oxygen atoms in total. The molecule has 0 aliphatic rings. The third-order valence-electron chi connectivity index (χ3n) is 2.95. The number of thioether (sulfide) groups is 1. The lowest BCUT2D eigenvalue weighted by Crippen LogP contribution is -2.30. The van der Waals surface area contributed by atoms with Gasteiger partial charge in [-0.1, -0.05) is 24.3 Å². The van der Waals surface area contributed by atoms with Crippen molar-refractivity contribution < 1.29 is 9.53 Å². The van der Waals surface area contributed by atoms with Crippen LogP contribution in [0.2, 0.25) is 0 Å². The van der Waals surface area contributed by atoms with E-state index < -0.39 is 0 Å². The van der Waals surface area contributed by atoms with Gasteiger partial charge < -0.3 is 10.1 Å². The van der Waals surface area contributed by atoms with E-state index in [4.69, 9.17) is 4.74 Å². The normalized spacial score (nSPS) is 11.7. The number of nitrogens with zero attached hydrogens (tertiary/aromatic N) is 1. The van der Waals surface area contributed by atoms with Crippen LogP contribution in [0.5, 0.6) is 11.6 Å². The number of hydrogen-bond donors (Lipinski definition) is 1. The Kier molecular flexibility index (Phi) is 5.63. The Morgan fingerprint density at radius 1 is 1.29 bits per heavy atom. The summed E-state index contributed by atoms with van der Waals surface area (Å²) in [7, 11) is 0. The van der Waals surface area contributed by atoms with Crippen molar-refractivity contribution in [2.24, 2.45) is 0 Å². The Hall–Kier alpha value is -2.01. The molecule has 1 amide bonds. The van der Waals surface area contributed by atoms with Gasteiger partial charge in [-0.2, -0.15) is 11.8 Å². The molecule has 1 N–H and O–H groups in total. The van der Waals surface area contributed by atoms with Crippen molar-refractivity contribution in [2.45, 2.75) is 18.7 Å². The fourth-order valence-electron chi connectivity index (χ4n) is 1.63. The second-order valence-electron chi connectivity index (χ2n) is 4.52. The van der Waals surface area contributed by atoms with E-state index in [0.29, 0.717) is 12.4 Å². The van der Waals surface area contributed by atoms with E-state index in [-0.39, 0.29) is 11.2 Å². The van der Waals surface area contributed by atoms with E-state index in [2.05, 4.69) is 10.3 Å². The highest BCUT2D eigenvalue weighted by Crippen LogP contribution is 2.18. The molecule has 1 atom stereocenters. The van der Waals surface area contributed by atoms with Crippen molar-refractivity contribution in [1.82, 2.24) is 10.3 Å². The maximum absolute atomic E-state index is 11.7. The zero-order valence-corrected chi connectivity index (χ0v) is 12.9. The Labute approximate surface area is 128 Å². The van der Waals surface area contributed by atoms with Gasteiger partial charge in [-0.05, 0) is 30.9 Å². The maximum Gasteiger partial charge on any atom is 0.233 e. The molecule has 1 aromatic carbocycles. The number of rotatable bonds is 6. The number of benzene rings is 1. The number of pyridine rings is 1. The fraction of sp³-hybridized carbons (Fsp3) is 0.250. The summed E-state index contributed by atoms with van der Waals surface area (Å²) in [5, 5.41) is 2.84. The monoisotopic (exact) mass is 302 g/mol. The molecular formula is C16H18N2O2S. The maximum atomic E-state index is 11.7. The van der Waals surface area contributed by atoms with Crippen molar-refractivity contribution in [1.29, 1.82) is 0 Å². The first-order chi connectivity index (χ1) is 10.2. The first-order valence-electron chi connectivity index (χ1n) is 6.67. The predicted molar refractivity (Wildman–Crippen MR) is 85.6 cm³/mol. The van der Waals surface area contributed by atoms with Crippen molar-refractivity contribution >= 4 is 17.7 Å². The zero-order chi connectivity index (χ0) is 15.1. The topological polar surface area (TPSA) is 51.2 Å². The molecule has 1 aromatic heterocycles. The van der Waals surface area contributed by atoms with Gasteiger partial charge in [-0.15, -0.1) is 0 Å². The van der Waals surface area contributed by atoms with Crippen molar-refractivity contribution in [2.75, 3.05) is 6.26 Å². The lowest BCUT2D eigenvalue weighted by molar-refractivity contribution is -0.120. The molecule has 0 radical (unpaired) electrons. The van der Waals surface area contributed by atoms with Crippen LogP contribution in [0, 0.1) is 0 Å². The third kappa shape index (κ3) is 4.79. The smallest absolute Gasteiger partial charge is 0.233 e. The highest BCUT2D eigenvalue weighted by atomic mass is 32.2. The fourth-order valence-corrected chi connectivity index (χ4v) is 1.92. The molecule has 1 heterocycles. The van der Waals surface area contributed by atoms with E-state index in [0.717, 1.165) is 11.3 Å². The second kappa shape index (κ2) is 7.69. The SMILES string of the molecule is CS[C@H](C)C(=O)NCc1ccc(Oc2ccccc2)nc1. The molecule has 0 aliphatic carbocycles. The van der Waals surface area contributed by atoms with Crippen LogP contribution in [0.25, 0.3) is 0 Å². The quantitative estimate of drug-likeness (QED) is 0.890. The summed E-state index contributed by atoms with van der Waals surface area (Å²) in [6, 6.07) is 13.2. The Morgan fingerprint density at radius 2 is 2.05 bits per heavy atom. The molecule has 0 spiro atoms. The van der Waals surface area contributed by atoms with Gasteiger partial charge in [0.2, 0.25) is 11.8 Å². The summed E-state index contributed by atoms with van der Waals surface area (Å²) in [6.07, 6.45) is 3.63. The summed E-state index contributed by atoms with van der Waals surface area (Å²) in [4.78, 5) is 15.9. The number of carbonyl (C=O) groups is 1. The largest absolute Gasteiger partial charge is 0.439 e. The number of carbonyl (C=O) groups excluding carboxylic acids is 1. The summed E-state index contributed by atoms with van der Waals surface area (Å²) in [6.45, 7) is 2.36. The van der Waals surface area contributed by atoms with E-state index in [9.17, 15) is 4.79 Å². The number of hydrogen-bond acceptors (Lipinski definition) is 4. The van der Waals surface area contributed by atoms with Gasteiger partial charge in [0, 0.05) is 18.8 Å². The average molecular weight is 302 g/mol. The predicted octanol–water partition coefficient (Wildman–Crippen LogP) is 3.24. The zero-order valence-electron chi connectivity index (χ0n) is 12.1. The molecule has 0 fully saturated rings. The van der Waals surface area contributed by atoms with E-state index >= 15 is 0 Å². The Bertz CT molecular complexity index is 573. The van der Waals surface area contributed by atoms with Gasteiger partial charge in [0.25, 0.3) is 0 Å². The van der Waals surface area contributed by atoms with Crippen molar-refractivity contribution in [3.63, 3.8) is 0 Å². The molecule has 5 heteroatoms. The molecule has 2 rings (SSSR count). The van der Waals surface area contributed by atoms with Gasteiger partial charge in [0.05, 0.1) is 5.25 Å². The minimum absolute atomic E-state index is 0.0344. The lowest BCUT2D eigenvalue weighted by Gasteiger charge is -2.10. The molecule has 0 saturated carbocycles. The highest BCUT2D eigenvalue weighted by molar-refractivity contribution is 7.99. The summed E-state index contributed by atoms with van der Waals surface area (Å²) in [5.74, 6) is 1.32. The van der Waals surface area contributed by atoms with Gasteiger partial charge in [0.15, 0.2) is 0 Å². The van der Waals surface area contributed by atoms with Gasteiger partial charge in [0.1, 0.15) is 5.75 Å². The Morgan fingerprint density at radius 3 is 2.67 bits per heavy atom. The second-order valence-corrected chi connectivity index (χ2v) is 5.69.